The third-order valence-corrected chi connectivity index (χ3v) is 4.95. The van der Waals surface area contributed by atoms with Crippen molar-refractivity contribution in [3.05, 3.63) is 56.7 Å². The molecule has 2 rings (SSSR count). The van der Waals surface area contributed by atoms with Gasteiger partial charge in [0, 0.05) is 10.9 Å². The molecular weight excluding hydrogens is 318 g/mol. The van der Waals surface area contributed by atoms with Gasteiger partial charge in [-0.05, 0) is 52.5 Å². The molecule has 0 aliphatic carbocycles. The molecule has 19 heavy (non-hydrogen) atoms. The zero-order chi connectivity index (χ0) is 13.7. The topological polar surface area (TPSA) is 12.0 Å². The molecule has 3 heteroatoms. The van der Waals surface area contributed by atoms with Crippen LogP contribution in [-0.4, -0.2) is 6.54 Å². The van der Waals surface area contributed by atoms with Gasteiger partial charge in [0.25, 0.3) is 0 Å². The van der Waals surface area contributed by atoms with E-state index in [1.807, 2.05) is 11.3 Å². The van der Waals surface area contributed by atoms with Gasteiger partial charge >= 0.3 is 0 Å². The molecular formula is C16H20BrNS. The molecule has 0 saturated carbocycles. The molecule has 0 aliphatic rings. The SMILES string of the molecule is CCNC(c1ccccc1)C(C)Cc1ccc(Br)s1. The zero-order valence-electron chi connectivity index (χ0n) is 11.4. The Morgan fingerprint density at radius 2 is 1.89 bits per heavy atom. The van der Waals surface area contributed by atoms with Gasteiger partial charge in [0.15, 0.2) is 0 Å². The largest absolute Gasteiger partial charge is 0.310 e. The minimum Gasteiger partial charge on any atom is -0.310 e. The van der Waals surface area contributed by atoms with Crippen LogP contribution < -0.4 is 5.32 Å². The third-order valence-electron chi connectivity index (χ3n) is 3.30. The lowest BCUT2D eigenvalue weighted by molar-refractivity contribution is 0.393. The van der Waals surface area contributed by atoms with Crippen molar-refractivity contribution < 1.29 is 0 Å². The van der Waals surface area contributed by atoms with E-state index in [1.165, 1.54) is 14.2 Å². The molecule has 102 valence electrons. The Labute approximate surface area is 128 Å². The van der Waals surface area contributed by atoms with Crippen LogP contribution in [0.5, 0.6) is 0 Å². The van der Waals surface area contributed by atoms with Gasteiger partial charge in [0.2, 0.25) is 0 Å². The lowest BCUT2D eigenvalue weighted by Crippen LogP contribution is -2.27. The molecule has 0 radical (unpaired) electrons. The van der Waals surface area contributed by atoms with Crippen molar-refractivity contribution in [2.45, 2.75) is 26.3 Å². The number of nitrogens with one attached hydrogen (secondary N) is 1. The van der Waals surface area contributed by atoms with E-state index >= 15 is 0 Å². The summed E-state index contributed by atoms with van der Waals surface area (Å²) in [5, 5.41) is 3.62. The first kappa shape index (κ1) is 14.8. The second kappa shape index (κ2) is 7.22. The highest BCUT2D eigenvalue weighted by atomic mass is 79.9. The molecule has 1 aromatic carbocycles. The van der Waals surface area contributed by atoms with Crippen LogP contribution in [0.25, 0.3) is 0 Å². The predicted molar refractivity (Wildman–Crippen MR) is 87.7 cm³/mol. The molecule has 2 unspecified atom stereocenters. The van der Waals surface area contributed by atoms with E-state index < -0.39 is 0 Å². The lowest BCUT2D eigenvalue weighted by Gasteiger charge is -2.25. The van der Waals surface area contributed by atoms with Crippen molar-refractivity contribution >= 4 is 27.3 Å². The molecule has 0 bridgehead atoms. The summed E-state index contributed by atoms with van der Waals surface area (Å²) in [6.45, 7) is 5.50. The lowest BCUT2D eigenvalue weighted by atomic mass is 9.91. The molecule has 0 fully saturated rings. The standard InChI is InChI=1S/C16H20BrNS/c1-3-18-16(13-7-5-4-6-8-13)12(2)11-14-9-10-15(17)19-14/h4-10,12,16,18H,3,11H2,1-2H3. The molecule has 1 heterocycles. The summed E-state index contributed by atoms with van der Waals surface area (Å²) in [6, 6.07) is 15.5. The summed E-state index contributed by atoms with van der Waals surface area (Å²) in [7, 11) is 0. The van der Waals surface area contributed by atoms with E-state index in [4.69, 9.17) is 0 Å². The van der Waals surface area contributed by atoms with Gasteiger partial charge in [0.1, 0.15) is 0 Å². The summed E-state index contributed by atoms with van der Waals surface area (Å²) in [5.41, 5.74) is 1.38. The minimum absolute atomic E-state index is 0.423. The maximum atomic E-state index is 3.62. The van der Waals surface area contributed by atoms with Gasteiger partial charge in [0.05, 0.1) is 3.79 Å². The van der Waals surface area contributed by atoms with Crippen molar-refractivity contribution in [1.29, 1.82) is 0 Å². The summed E-state index contributed by atoms with van der Waals surface area (Å²) in [6.07, 6.45) is 1.11. The Morgan fingerprint density at radius 1 is 1.16 bits per heavy atom. The second-order valence-electron chi connectivity index (χ2n) is 4.83. The van der Waals surface area contributed by atoms with Gasteiger partial charge in [-0.15, -0.1) is 11.3 Å². The first-order valence-electron chi connectivity index (χ1n) is 6.73. The third kappa shape index (κ3) is 4.16. The van der Waals surface area contributed by atoms with Crippen LogP contribution >= 0.6 is 27.3 Å². The number of halogens is 1. The summed E-state index contributed by atoms with van der Waals surface area (Å²) in [4.78, 5) is 1.44. The Hall–Kier alpha value is -0.640. The van der Waals surface area contributed by atoms with E-state index in [9.17, 15) is 0 Å². The summed E-state index contributed by atoms with van der Waals surface area (Å²) >= 11 is 5.37. The number of hydrogen-bond donors (Lipinski definition) is 1. The number of hydrogen-bond acceptors (Lipinski definition) is 2. The van der Waals surface area contributed by atoms with Gasteiger partial charge in [-0.2, -0.15) is 0 Å². The van der Waals surface area contributed by atoms with E-state index in [0.29, 0.717) is 12.0 Å². The molecule has 1 N–H and O–H groups in total. The van der Waals surface area contributed by atoms with Gasteiger partial charge in [-0.1, -0.05) is 44.2 Å². The molecule has 0 saturated heterocycles. The smallest absolute Gasteiger partial charge is 0.0701 e. The molecule has 2 atom stereocenters. The van der Waals surface area contributed by atoms with Crippen molar-refractivity contribution in [2.75, 3.05) is 6.54 Å². The average Bonchev–Trinajstić information content (AvgIpc) is 2.82. The van der Waals surface area contributed by atoms with E-state index in [2.05, 4.69) is 77.6 Å². The first-order chi connectivity index (χ1) is 9.20. The fourth-order valence-electron chi connectivity index (χ4n) is 2.42. The normalized spacial score (nSPS) is 14.3. The quantitative estimate of drug-likeness (QED) is 0.778. The highest BCUT2D eigenvalue weighted by Crippen LogP contribution is 2.29. The number of rotatable bonds is 6. The van der Waals surface area contributed by atoms with Gasteiger partial charge in [-0.25, -0.2) is 0 Å². The summed E-state index contributed by atoms with van der Waals surface area (Å²) < 4.78 is 1.22. The molecule has 2 aromatic rings. The summed E-state index contributed by atoms with van der Waals surface area (Å²) in [5.74, 6) is 0.577. The number of thiophene rings is 1. The second-order valence-corrected chi connectivity index (χ2v) is 7.38. The van der Waals surface area contributed by atoms with Crippen LogP contribution in [0.2, 0.25) is 0 Å². The minimum atomic E-state index is 0.423. The van der Waals surface area contributed by atoms with Gasteiger partial charge in [-0.3, -0.25) is 0 Å². The van der Waals surface area contributed by atoms with Crippen LogP contribution in [0.4, 0.5) is 0 Å². The fourth-order valence-corrected chi connectivity index (χ4v) is 4.05. The highest BCUT2D eigenvalue weighted by molar-refractivity contribution is 9.11. The molecule has 0 aliphatic heterocycles. The van der Waals surface area contributed by atoms with E-state index in [1.54, 1.807) is 0 Å². The van der Waals surface area contributed by atoms with Crippen molar-refractivity contribution in [3.63, 3.8) is 0 Å². The Morgan fingerprint density at radius 3 is 2.47 bits per heavy atom. The highest BCUT2D eigenvalue weighted by Gasteiger charge is 2.19. The monoisotopic (exact) mass is 337 g/mol. The van der Waals surface area contributed by atoms with Crippen LogP contribution in [0, 0.1) is 5.92 Å². The first-order valence-corrected chi connectivity index (χ1v) is 8.34. The van der Waals surface area contributed by atoms with Gasteiger partial charge < -0.3 is 5.32 Å². The van der Waals surface area contributed by atoms with Crippen molar-refractivity contribution in [3.8, 4) is 0 Å². The van der Waals surface area contributed by atoms with Crippen LogP contribution in [0.1, 0.15) is 30.3 Å². The van der Waals surface area contributed by atoms with Crippen LogP contribution in [0.3, 0.4) is 0 Å². The van der Waals surface area contributed by atoms with E-state index in [0.717, 1.165) is 13.0 Å². The molecule has 1 nitrogen and oxygen atoms in total. The van der Waals surface area contributed by atoms with Crippen molar-refractivity contribution in [1.82, 2.24) is 5.32 Å². The average molecular weight is 338 g/mol. The Balaban J connectivity index is 2.10. The van der Waals surface area contributed by atoms with E-state index in [-0.39, 0.29) is 0 Å². The predicted octanol–water partition coefficient (Wildman–Crippen LogP) is 5.04. The Kier molecular flexibility index (Phi) is 5.61. The molecule has 1 aromatic heterocycles. The molecule has 0 spiro atoms. The maximum Gasteiger partial charge on any atom is 0.0701 e. The van der Waals surface area contributed by atoms with Crippen LogP contribution in [-0.2, 0) is 6.42 Å². The molecule has 0 amide bonds. The zero-order valence-corrected chi connectivity index (χ0v) is 13.8. The van der Waals surface area contributed by atoms with Crippen LogP contribution in [0.15, 0.2) is 46.3 Å². The Bertz CT molecular complexity index is 494. The van der Waals surface area contributed by atoms with Crippen molar-refractivity contribution in [2.24, 2.45) is 5.92 Å². The maximum absolute atomic E-state index is 3.62. The number of benzene rings is 1. The fraction of sp³-hybridized carbons (Fsp3) is 0.375.